The second kappa shape index (κ2) is 5.40. The van der Waals surface area contributed by atoms with Crippen LogP contribution in [0, 0.1) is 0 Å². The molecule has 5 heteroatoms. The van der Waals surface area contributed by atoms with Crippen LogP contribution in [0.15, 0.2) is 30.3 Å². The first-order valence-electron chi connectivity index (χ1n) is 7.09. The quantitative estimate of drug-likeness (QED) is 0.892. The number of halogens is 1. The molecule has 2 bridgehead atoms. The molecule has 4 atom stereocenters. The van der Waals surface area contributed by atoms with Gasteiger partial charge in [0.15, 0.2) is 0 Å². The van der Waals surface area contributed by atoms with Gasteiger partial charge in [0.05, 0.1) is 6.04 Å². The molecule has 0 radical (unpaired) electrons. The Morgan fingerprint density at radius 2 is 2.10 bits per heavy atom. The van der Waals surface area contributed by atoms with Gasteiger partial charge in [-0.2, -0.15) is 0 Å². The highest BCUT2D eigenvalue weighted by atomic mass is 19.1. The van der Waals surface area contributed by atoms with E-state index in [0.717, 1.165) is 12.0 Å². The molecule has 0 aromatic heterocycles. The van der Waals surface area contributed by atoms with Crippen molar-refractivity contribution in [2.24, 2.45) is 0 Å². The van der Waals surface area contributed by atoms with Gasteiger partial charge < -0.3 is 10.4 Å². The maximum atomic E-state index is 14.5. The lowest BCUT2D eigenvalue weighted by molar-refractivity contribution is 0.0406. The maximum absolute atomic E-state index is 14.5. The number of hydrogen-bond acceptors (Lipinski definition) is 2. The van der Waals surface area contributed by atoms with Gasteiger partial charge in [-0.15, -0.1) is 0 Å². The van der Waals surface area contributed by atoms with Crippen LogP contribution in [0.1, 0.15) is 24.8 Å². The number of amides is 1. The summed E-state index contributed by atoms with van der Waals surface area (Å²) in [5.74, 6) is 0. The molecule has 2 saturated heterocycles. The minimum Gasteiger partial charge on any atom is -0.465 e. The molecule has 3 rings (SSSR count). The number of alkyl halides is 1. The Balaban J connectivity index is 1.64. The van der Waals surface area contributed by atoms with Crippen LogP contribution in [-0.4, -0.2) is 40.4 Å². The van der Waals surface area contributed by atoms with E-state index in [4.69, 9.17) is 5.11 Å². The van der Waals surface area contributed by atoms with Crippen LogP contribution in [0.3, 0.4) is 0 Å². The van der Waals surface area contributed by atoms with Gasteiger partial charge >= 0.3 is 6.09 Å². The van der Waals surface area contributed by atoms with E-state index < -0.39 is 18.3 Å². The van der Waals surface area contributed by atoms with Crippen molar-refractivity contribution in [1.29, 1.82) is 0 Å². The van der Waals surface area contributed by atoms with Gasteiger partial charge in [0.2, 0.25) is 0 Å². The van der Waals surface area contributed by atoms with Crippen molar-refractivity contribution in [3.63, 3.8) is 0 Å². The van der Waals surface area contributed by atoms with Gasteiger partial charge in [-0.05, 0) is 24.8 Å². The van der Waals surface area contributed by atoms with Gasteiger partial charge in [0, 0.05) is 18.6 Å². The molecule has 2 aliphatic rings. The Hall–Kier alpha value is -1.62. The predicted molar refractivity (Wildman–Crippen MR) is 73.3 cm³/mol. The highest BCUT2D eigenvalue weighted by Crippen LogP contribution is 2.37. The second-order valence-corrected chi connectivity index (χ2v) is 5.64. The predicted octanol–water partition coefficient (Wildman–Crippen LogP) is 2.40. The van der Waals surface area contributed by atoms with Crippen molar-refractivity contribution in [3.8, 4) is 0 Å². The van der Waals surface area contributed by atoms with Crippen LogP contribution in [0.4, 0.5) is 9.18 Å². The first-order chi connectivity index (χ1) is 9.66. The third-order valence-electron chi connectivity index (χ3n) is 4.46. The Morgan fingerprint density at radius 1 is 1.35 bits per heavy atom. The molecule has 2 N–H and O–H groups in total. The molecule has 108 valence electrons. The number of nitrogens with zero attached hydrogens (tertiary/aromatic N) is 1. The highest BCUT2D eigenvalue weighted by Gasteiger charge is 2.49. The molecule has 20 heavy (non-hydrogen) atoms. The number of carboxylic acid groups (broad SMARTS) is 1. The van der Waals surface area contributed by atoms with Crippen molar-refractivity contribution >= 4 is 6.09 Å². The van der Waals surface area contributed by atoms with Gasteiger partial charge in [-0.3, -0.25) is 4.90 Å². The molecule has 0 aliphatic carbocycles. The fourth-order valence-corrected chi connectivity index (χ4v) is 3.49. The lowest BCUT2D eigenvalue weighted by Crippen LogP contribution is -2.58. The first kappa shape index (κ1) is 13.4. The molecule has 1 aromatic rings. The summed E-state index contributed by atoms with van der Waals surface area (Å²) in [4.78, 5) is 12.5. The summed E-state index contributed by atoms with van der Waals surface area (Å²) in [5.41, 5.74) is 1.12. The summed E-state index contributed by atoms with van der Waals surface area (Å²) < 4.78 is 14.5. The van der Waals surface area contributed by atoms with Crippen LogP contribution in [0.25, 0.3) is 0 Å². The second-order valence-electron chi connectivity index (χ2n) is 5.64. The minimum absolute atomic E-state index is 0.0298. The third kappa shape index (κ3) is 2.38. The monoisotopic (exact) mass is 278 g/mol. The fourth-order valence-electron chi connectivity index (χ4n) is 3.49. The minimum atomic E-state index is -1.12. The lowest BCUT2D eigenvalue weighted by atomic mass is 9.95. The Morgan fingerprint density at radius 3 is 2.80 bits per heavy atom. The Labute approximate surface area is 117 Å². The number of benzene rings is 1. The van der Waals surface area contributed by atoms with E-state index in [0.29, 0.717) is 19.4 Å². The molecule has 1 aromatic carbocycles. The van der Waals surface area contributed by atoms with Crippen LogP contribution >= 0.6 is 0 Å². The van der Waals surface area contributed by atoms with Gasteiger partial charge in [0.25, 0.3) is 0 Å². The number of rotatable bonds is 3. The molecule has 0 spiro atoms. The van der Waals surface area contributed by atoms with Crippen molar-refractivity contribution < 1.29 is 14.3 Å². The maximum Gasteiger partial charge on any atom is 0.407 e. The fraction of sp³-hybridized carbons (Fsp3) is 0.533. The molecule has 4 nitrogen and oxygen atoms in total. The third-order valence-corrected chi connectivity index (χ3v) is 4.46. The van der Waals surface area contributed by atoms with E-state index in [9.17, 15) is 9.18 Å². The zero-order chi connectivity index (χ0) is 14.1. The topological polar surface area (TPSA) is 52.6 Å². The SMILES string of the molecule is O=C(O)N1[C@@H]2CC[C@H]1[C@@H](F)[C@@H](NCc1ccccc1)C2. The van der Waals surface area contributed by atoms with Crippen LogP contribution in [-0.2, 0) is 6.54 Å². The first-order valence-corrected chi connectivity index (χ1v) is 7.09. The van der Waals surface area contributed by atoms with E-state index in [1.807, 2.05) is 30.3 Å². The van der Waals surface area contributed by atoms with E-state index >= 15 is 0 Å². The molecule has 0 unspecified atom stereocenters. The van der Waals surface area contributed by atoms with E-state index in [2.05, 4.69) is 5.32 Å². The number of nitrogens with one attached hydrogen (secondary N) is 1. The van der Waals surface area contributed by atoms with Gasteiger partial charge in [-0.25, -0.2) is 9.18 Å². The normalized spacial score (nSPS) is 32.4. The van der Waals surface area contributed by atoms with Crippen LogP contribution in [0.5, 0.6) is 0 Å². The van der Waals surface area contributed by atoms with Crippen molar-refractivity contribution in [2.45, 2.75) is 50.1 Å². The van der Waals surface area contributed by atoms with Crippen molar-refractivity contribution in [3.05, 3.63) is 35.9 Å². The number of fused-ring (bicyclic) bond motifs is 2. The molecule has 0 saturated carbocycles. The number of hydrogen-bond donors (Lipinski definition) is 2. The number of carbonyl (C=O) groups is 1. The Bertz CT molecular complexity index is 482. The molecule has 2 fully saturated rings. The molecular weight excluding hydrogens is 259 g/mol. The van der Waals surface area contributed by atoms with E-state index in [1.54, 1.807) is 0 Å². The van der Waals surface area contributed by atoms with Gasteiger partial charge in [0.1, 0.15) is 6.17 Å². The van der Waals surface area contributed by atoms with E-state index in [-0.39, 0.29) is 12.1 Å². The van der Waals surface area contributed by atoms with Crippen molar-refractivity contribution in [2.75, 3.05) is 0 Å². The van der Waals surface area contributed by atoms with Crippen LogP contribution in [0.2, 0.25) is 0 Å². The summed E-state index contributed by atoms with van der Waals surface area (Å²) >= 11 is 0. The smallest absolute Gasteiger partial charge is 0.407 e. The summed E-state index contributed by atoms with van der Waals surface area (Å²) in [6.07, 6.45) is -0.116. The largest absolute Gasteiger partial charge is 0.465 e. The summed E-state index contributed by atoms with van der Waals surface area (Å²) in [6.45, 7) is 0.623. The zero-order valence-electron chi connectivity index (χ0n) is 11.2. The summed E-state index contributed by atoms with van der Waals surface area (Å²) in [6, 6.07) is 9.12. The molecule has 2 heterocycles. The standard InChI is InChI=1S/C15H19FN2O2/c16-14-12(17-9-10-4-2-1-3-5-10)8-11-6-7-13(14)18(11)15(19)20/h1-5,11-14,17H,6-9H2,(H,19,20)/t11-,12+,13+,14+/m1/s1. The Kier molecular flexibility index (Phi) is 3.61. The molecule has 2 aliphatic heterocycles. The van der Waals surface area contributed by atoms with Gasteiger partial charge in [-0.1, -0.05) is 30.3 Å². The average molecular weight is 278 g/mol. The number of piperidine rings is 1. The summed E-state index contributed by atoms with van der Waals surface area (Å²) in [5, 5.41) is 12.4. The van der Waals surface area contributed by atoms with Crippen molar-refractivity contribution in [1.82, 2.24) is 10.2 Å². The lowest BCUT2D eigenvalue weighted by Gasteiger charge is -2.40. The molecular formula is C15H19FN2O2. The average Bonchev–Trinajstić information content (AvgIpc) is 2.80. The van der Waals surface area contributed by atoms with E-state index in [1.165, 1.54) is 4.90 Å². The van der Waals surface area contributed by atoms with Crippen LogP contribution < -0.4 is 5.32 Å². The summed E-state index contributed by atoms with van der Waals surface area (Å²) in [7, 11) is 0. The molecule has 1 amide bonds. The highest BCUT2D eigenvalue weighted by molar-refractivity contribution is 5.67. The zero-order valence-corrected chi connectivity index (χ0v) is 11.2.